The lowest BCUT2D eigenvalue weighted by atomic mass is 10.1. The van der Waals surface area contributed by atoms with E-state index in [1.54, 1.807) is 32.4 Å². The number of hydrogen-bond acceptors (Lipinski definition) is 5. The molecule has 3 aromatic carbocycles. The van der Waals surface area contributed by atoms with Crippen LogP contribution in [0, 0.1) is 13.8 Å². The zero-order valence-corrected chi connectivity index (χ0v) is 22.8. The summed E-state index contributed by atoms with van der Waals surface area (Å²) in [4.78, 5) is 17.4. The van der Waals surface area contributed by atoms with Crippen molar-refractivity contribution >= 4 is 16.9 Å². The Kier molecular flexibility index (Phi) is 9.25. The number of ether oxygens (including phenoxy) is 3. The summed E-state index contributed by atoms with van der Waals surface area (Å²) in [7, 11) is 3.14. The molecule has 0 aliphatic heterocycles. The van der Waals surface area contributed by atoms with Gasteiger partial charge in [0, 0.05) is 18.5 Å². The SMILES string of the molecule is COc1ccc(C(=O)NCCCCCc2nc3ccccc3n2CCOc2cc(C)ccc2C)cc1OC. The second kappa shape index (κ2) is 13.0. The number of carbonyl (C=O) groups is 1. The molecule has 38 heavy (non-hydrogen) atoms. The van der Waals surface area contributed by atoms with Gasteiger partial charge in [0.05, 0.1) is 31.8 Å². The normalized spacial score (nSPS) is 10.9. The standard InChI is InChI=1S/C31H37N3O4/c1-22-13-14-23(2)28(20-22)38-19-18-34-26-11-8-7-10-25(26)33-30(34)12-6-5-9-17-32-31(35)24-15-16-27(36-3)29(21-24)37-4/h7-8,10-11,13-16,20-21H,5-6,9,12,17-19H2,1-4H3,(H,32,35). The topological polar surface area (TPSA) is 74.6 Å². The van der Waals surface area contributed by atoms with Crippen LogP contribution in [-0.2, 0) is 13.0 Å². The molecular weight excluding hydrogens is 478 g/mol. The van der Waals surface area contributed by atoms with Gasteiger partial charge >= 0.3 is 0 Å². The first-order valence-corrected chi connectivity index (χ1v) is 13.1. The van der Waals surface area contributed by atoms with Gasteiger partial charge in [-0.05, 0) is 74.2 Å². The van der Waals surface area contributed by atoms with Gasteiger partial charge in [-0.15, -0.1) is 0 Å². The Balaban J connectivity index is 1.27. The van der Waals surface area contributed by atoms with E-state index in [2.05, 4.69) is 60.1 Å². The summed E-state index contributed by atoms with van der Waals surface area (Å²) in [6.45, 7) is 6.09. The molecule has 1 heterocycles. The first-order chi connectivity index (χ1) is 18.5. The van der Waals surface area contributed by atoms with Crippen molar-refractivity contribution in [2.24, 2.45) is 0 Å². The lowest BCUT2D eigenvalue weighted by molar-refractivity contribution is 0.0952. The summed E-state index contributed by atoms with van der Waals surface area (Å²) < 4.78 is 18.9. The van der Waals surface area contributed by atoms with Gasteiger partial charge in [-0.25, -0.2) is 4.98 Å². The van der Waals surface area contributed by atoms with Crippen LogP contribution in [0.4, 0.5) is 0 Å². The summed E-state index contributed by atoms with van der Waals surface area (Å²) in [5, 5.41) is 3.00. The van der Waals surface area contributed by atoms with Gasteiger partial charge in [0.2, 0.25) is 0 Å². The Labute approximate surface area is 224 Å². The molecule has 200 valence electrons. The first kappa shape index (κ1) is 27.0. The highest BCUT2D eigenvalue weighted by atomic mass is 16.5. The molecule has 0 saturated carbocycles. The molecule has 1 aromatic heterocycles. The van der Waals surface area contributed by atoms with Gasteiger partial charge in [0.25, 0.3) is 5.91 Å². The Morgan fingerprint density at radius 3 is 2.53 bits per heavy atom. The van der Waals surface area contributed by atoms with Gasteiger partial charge in [0.1, 0.15) is 18.2 Å². The summed E-state index contributed by atoms with van der Waals surface area (Å²) in [6.07, 6.45) is 3.76. The predicted molar refractivity (Wildman–Crippen MR) is 151 cm³/mol. The van der Waals surface area contributed by atoms with Gasteiger partial charge in [-0.1, -0.05) is 30.7 Å². The number of benzene rings is 3. The number of nitrogens with zero attached hydrogens (tertiary/aromatic N) is 2. The quantitative estimate of drug-likeness (QED) is 0.225. The van der Waals surface area contributed by atoms with Crippen LogP contribution in [0.2, 0.25) is 0 Å². The van der Waals surface area contributed by atoms with Gasteiger partial charge in [0.15, 0.2) is 11.5 Å². The fourth-order valence-corrected chi connectivity index (χ4v) is 4.54. The maximum absolute atomic E-state index is 12.5. The average Bonchev–Trinajstić information content (AvgIpc) is 3.29. The van der Waals surface area contributed by atoms with E-state index in [9.17, 15) is 4.79 Å². The molecule has 0 radical (unpaired) electrons. The smallest absolute Gasteiger partial charge is 0.251 e. The molecule has 0 aliphatic carbocycles. The highest BCUT2D eigenvalue weighted by Gasteiger charge is 2.12. The Bertz CT molecular complexity index is 1380. The number of para-hydroxylation sites is 2. The second-order valence-electron chi connectivity index (χ2n) is 9.42. The zero-order chi connectivity index (χ0) is 26.9. The molecule has 0 bridgehead atoms. The van der Waals surface area contributed by atoms with Crippen LogP contribution in [0.3, 0.4) is 0 Å². The zero-order valence-electron chi connectivity index (χ0n) is 22.8. The van der Waals surface area contributed by atoms with Crippen LogP contribution in [0.1, 0.15) is 46.6 Å². The van der Waals surface area contributed by atoms with Crippen molar-refractivity contribution in [1.29, 1.82) is 0 Å². The van der Waals surface area contributed by atoms with Crippen molar-refractivity contribution in [1.82, 2.24) is 14.9 Å². The van der Waals surface area contributed by atoms with Crippen LogP contribution in [0.5, 0.6) is 17.2 Å². The van der Waals surface area contributed by atoms with E-state index in [0.717, 1.165) is 60.4 Å². The number of fused-ring (bicyclic) bond motifs is 1. The minimum Gasteiger partial charge on any atom is -0.493 e. The lowest BCUT2D eigenvalue weighted by Crippen LogP contribution is -2.24. The minimum absolute atomic E-state index is 0.114. The maximum atomic E-state index is 12.5. The average molecular weight is 516 g/mol. The Morgan fingerprint density at radius 2 is 1.71 bits per heavy atom. The minimum atomic E-state index is -0.114. The van der Waals surface area contributed by atoms with E-state index in [0.29, 0.717) is 30.2 Å². The number of nitrogens with one attached hydrogen (secondary N) is 1. The lowest BCUT2D eigenvalue weighted by Gasteiger charge is -2.13. The van der Waals surface area contributed by atoms with E-state index in [-0.39, 0.29) is 5.91 Å². The summed E-state index contributed by atoms with van der Waals surface area (Å²) >= 11 is 0. The van der Waals surface area contributed by atoms with Crippen LogP contribution >= 0.6 is 0 Å². The highest BCUT2D eigenvalue weighted by molar-refractivity contribution is 5.94. The van der Waals surface area contributed by atoms with Crippen LogP contribution in [-0.4, -0.2) is 42.8 Å². The molecule has 0 unspecified atom stereocenters. The molecule has 7 heteroatoms. The van der Waals surface area contributed by atoms with E-state index in [4.69, 9.17) is 19.2 Å². The molecule has 4 aromatic rings. The maximum Gasteiger partial charge on any atom is 0.251 e. The number of amides is 1. The van der Waals surface area contributed by atoms with E-state index in [1.807, 2.05) is 6.07 Å². The third-order valence-electron chi connectivity index (χ3n) is 6.66. The Morgan fingerprint density at radius 1 is 0.895 bits per heavy atom. The van der Waals surface area contributed by atoms with Crippen LogP contribution in [0.15, 0.2) is 60.7 Å². The molecule has 1 amide bonds. The number of aryl methyl sites for hydroxylation is 3. The number of rotatable bonds is 13. The number of unbranched alkanes of at least 4 members (excludes halogenated alkanes) is 2. The van der Waals surface area contributed by atoms with Crippen molar-refractivity contribution in [3.05, 3.63) is 83.2 Å². The van der Waals surface area contributed by atoms with Crippen molar-refractivity contribution in [2.75, 3.05) is 27.4 Å². The highest BCUT2D eigenvalue weighted by Crippen LogP contribution is 2.27. The van der Waals surface area contributed by atoms with Crippen molar-refractivity contribution in [3.63, 3.8) is 0 Å². The van der Waals surface area contributed by atoms with E-state index >= 15 is 0 Å². The Hall–Kier alpha value is -4.00. The van der Waals surface area contributed by atoms with E-state index in [1.165, 1.54) is 5.56 Å². The largest absolute Gasteiger partial charge is 0.493 e. The molecule has 4 rings (SSSR count). The first-order valence-electron chi connectivity index (χ1n) is 13.1. The molecule has 0 fully saturated rings. The monoisotopic (exact) mass is 515 g/mol. The molecule has 7 nitrogen and oxygen atoms in total. The molecule has 0 aliphatic rings. The third kappa shape index (κ3) is 6.65. The fraction of sp³-hybridized carbons (Fsp3) is 0.355. The van der Waals surface area contributed by atoms with Gasteiger partial charge < -0.3 is 24.1 Å². The fourth-order valence-electron chi connectivity index (χ4n) is 4.54. The number of hydrogen-bond donors (Lipinski definition) is 1. The second-order valence-corrected chi connectivity index (χ2v) is 9.42. The van der Waals surface area contributed by atoms with Crippen molar-refractivity contribution in [2.45, 2.75) is 46.1 Å². The van der Waals surface area contributed by atoms with Crippen LogP contribution in [0.25, 0.3) is 11.0 Å². The van der Waals surface area contributed by atoms with E-state index < -0.39 is 0 Å². The molecule has 0 saturated heterocycles. The summed E-state index contributed by atoms with van der Waals surface area (Å²) in [6, 6.07) is 19.7. The summed E-state index contributed by atoms with van der Waals surface area (Å²) in [5.41, 5.74) is 5.04. The number of carbonyl (C=O) groups excluding carboxylic acids is 1. The van der Waals surface area contributed by atoms with Gasteiger partial charge in [-0.3, -0.25) is 4.79 Å². The third-order valence-corrected chi connectivity index (χ3v) is 6.66. The molecular formula is C31H37N3O4. The van der Waals surface area contributed by atoms with Crippen LogP contribution < -0.4 is 19.5 Å². The van der Waals surface area contributed by atoms with Crippen molar-refractivity contribution < 1.29 is 19.0 Å². The molecule has 1 N–H and O–H groups in total. The predicted octanol–water partition coefficient (Wildman–Crippen LogP) is 5.89. The molecule has 0 atom stereocenters. The number of aromatic nitrogens is 2. The number of methoxy groups -OCH3 is 2. The van der Waals surface area contributed by atoms with Crippen molar-refractivity contribution in [3.8, 4) is 17.2 Å². The number of imidazole rings is 1. The molecule has 0 spiro atoms. The summed E-state index contributed by atoms with van der Waals surface area (Å²) in [5.74, 6) is 3.04. The van der Waals surface area contributed by atoms with Gasteiger partial charge in [-0.2, -0.15) is 0 Å².